The van der Waals surface area contributed by atoms with Gasteiger partial charge in [-0.25, -0.2) is 27.4 Å². The van der Waals surface area contributed by atoms with E-state index < -0.39 is 424 Å². The van der Waals surface area contributed by atoms with Gasteiger partial charge < -0.3 is 257 Å². The fourth-order valence-electron chi connectivity index (χ4n) is 11.8. The Hall–Kier alpha value is -1.18. The van der Waals surface area contributed by atoms with E-state index in [0.717, 1.165) is 0 Å². The highest BCUT2D eigenvalue weighted by Gasteiger charge is 2.55. The zero-order chi connectivity index (χ0) is 105. The minimum Gasteiger partial charge on any atom is -0.394 e. The van der Waals surface area contributed by atoms with Gasteiger partial charge in [-0.2, -0.15) is 0 Å². The van der Waals surface area contributed by atoms with Crippen LogP contribution in [0.15, 0.2) is 0 Å². The van der Waals surface area contributed by atoms with Gasteiger partial charge in [-0.1, -0.05) is 0 Å². The topological polar surface area (TPSA) is 1170 Å². The van der Waals surface area contributed by atoms with Gasteiger partial charge in [0.15, 0.2) is 25.2 Å². The maximum Gasteiger partial charge on any atom is 0.472 e. The number of hydrogen-bond donors (Lipinski definition) is 44. The standard InChI is InChI=1S/C22H46N2O22P2.C20H40O23P2.C20H42O23P2/c23-1-2-24-21-17(34)19(13(4-26)43-21)45-47(36,37)42-8-12(31)16(33)10(29)6-40-22-18(35)20(14(5-27)44-22)46-48(38,39)41-7-11(30)15(32)9(28)3-25;21-1-7(24)13(28)9(26)5-38-45(35,36)43-18-12(3-23)41-20(16(18)31)37-4-8(25)14(29)10(27)6-39-44(33,34)42-17-11(2-22)40-19(32)15(17)30;21-1-8(25)15(31)12(29)6-40-45(36,37)43-19-14(4-24)41-20(17(19)33)38-5-11(28)16(32)13(30)7-39-44(34,35)42-18(9(26)2-22)10(27)3-23/h9-22,24-35H,1-8,23H2,(H,36,37)(H,38,39);7-32H,1-6H2,(H,33,34)(H,35,36);8-33H,1-7H2,(H,34,35)(H,36,37)/t9?,10?,11?,12?,13-,14-,15?,16?,17?,18?,19+,20+,21-,22-;7?,8?,9?,10?,11-,12-,13?,14?,15?,16?,17+,18+,19-,20-;8?,9-,10?,11?,12?,13?,14-,15?,16?,17?,18?,19+,20-/m111/s1. The van der Waals surface area contributed by atoms with Gasteiger partial charge >= 0.3 is 46.9 Å². The van der Waals surface area contributed by atoms with Gasteiger partial charge in [0, 0.05) is 13.1 Å². The Bertz CT molecular complexity index is 3530. The van der Waals surface area contributed by atoms with Crippen LogP contribution < -0.4 is 11.1 Å². The summed E-state index contributed by atoms with van der Waals surface area (Å²) in [5.74, 6) is 0. The lowest BCUT2D eigenvalue weighted by Gasteiger charge is -2.28. The van der Waals surface area contributed by atoms with Gasteiger partial charge in [0.1, 0.15) is 226 Å². The highest BCUT2D eigenvalue weighted by Crippen LogP contribution is 2.53. The van der Waals surface area contributed by atoms with E-state index in [1.807, 2.05) is 0 Å². The van der Waals surface area contributed by atoms with E-state index in [1.165, 1.54) is 0 Å². The fourth-order valence-corrected chi connectivity index (χ4v) is 17.7. The van der Waals surface area contributed by atoms with E-state index in [9.17, 15) is 215 Å². The Morgan fingerprint density at radius 3 is 0.717 bits per heavy atom. The lowest BCUT2D eigenvalue weighted by atomic mass is 10.1. The van der Waals surface area contributed by atoms with Gasteiger partial charge in [0.2, 0.25) is 0 Å². The van der Waals surface area contributed by atoms with E-state index >= 15 is 0 Å². The zero-order valence-electron chi connectivity index (χ0n) is 71.7. The summed E-state index contributed by atoms with van der Waals surface area (Å²) in [5, 5.41) is 351. The zero-order valence-corrected chi connectivity index (χ0v) is 77.0. The molecule has 0 radical (unpaired) electrons. The van der Waals surface area contributed by atoms with Crippen LogP contribution in [0.5, 0.6) is 0 Å². The second-order valence-corrected chi connectivity index (χ2v) is 38.6. The summed E-state index contributed by atoms with van der Waals surface area (Å²) in [5.41, 5.74) is 5.37. The molecule has 138 heavy (non-hydrogen) atoms. The van der Waals surface area contributed by atoms with Crippen molar-refractivity contribution in [2.45, 2.75) is 251 Å². The molecule has 5 rings (SSSR count). The summed E-state index contributed by atoms with van der Waals surface area (Å²) in [6.45, 7) is -18.4. The third-order valence-corrected chi connectivity index (χ3v) is 25.5. The maximum atomic E-state index is 12.4. The summed E-state index contributed by atoms with van der Waals surface area (Å²) in [6.07, 6.45) is -75.4. The van der Waals surface area contributed by atoms with E-state index in [2.05, 4.69) is 41.5 Å². The number of aliphatic hydroxyl groups excluding tert-OH is 36. The van der Waals surface area contributed by atoms with E-state index in [1.54, 1.807) is 0 Å². The molecule has 70 nitrogen and oxygen atoms in total. The predicted octanol–water partition coefficient (Wildman–Crippen LogP) is -23.9. The van der Waals surface area contributed by atoms with Crippen LogP contribution in [-0.4, -0.2) is 603 Å². The molecule has 31 unspecified atom stereocenters. The lowest BCUT2D eigenvalue weighted by molar-refractivity contribution is -0.194. The second kappa shape index (κ2) is 61.8. The number of phosphoric ester groups is 6. The monoisotopic (exact) mass is 2170 g/mol. The molecule has 47 atom stereocenters. The van der Waals surface area contributed by atoms with Crippen LogP contribution in [0.1, 0.15) is 0 Å². The Balaban J connectivity index is 0.000000533. The molecule has 0 aromatic carbocycles. The smallest absolute Gasteiger partial charge is 0.394 e. The molecule has 5 aliphatic heterocycles. The molecule has 5 fully saturated rings. The molecule has 0 aromatic rings. The van der Waals surface area contributed by atoms with Gasteiger partial charge in [-0.3, -0.25) is 59.6 Å². The quantitative estimate of drug-likeness (QED) is 0.0251. The third kappa shape index (κ3) is 42.0. The van der Waals surface area contributed by atoms with Crippen molar-refractivity contribution >= 4 is 46.9 Å². The van der Waals surface area contributed by atoms with Crippen molar-refractivity contribution in [2.75, 3.05) is 139 Å². The fraction of sp³-hybridized carbons (Fsp3) is 1.00. The van der Waals surface area contributed by atoms with Crippen molar-refractivity contribution in [2.24, 2.45) is 5.73 Å². The van der Waals surface area contributed by atoms with Gasteiger partial charge in [-0.05, 0) is 0 Å². The number of nitrogens with one attached hydrogen (secondary N) is 1. The number of rotatable bonds is 66. The first-order chi connectivity index (χ1) is 64.1. The molecule has 0 amide bonds. The highest BCUT2D eigenvalue weighted by atomic mass is 31.2. The number of aliphatic hydroxyl groups is 36. The molecule has 0 aromatic heterocycles. The Kier molecular flexibility index (Phi) is 58.7. The molecule has 5 saturated heterocycles. The SMILES string of the molecule is NCCN[C@@H]1O[C@H](CO)[C@H](OP(=O)(O)OCC(O)C(O)C(O)CO[C@@H]2O[C@H](CO)[C@H](OP(=O)(O)OCC(O)C(O)C(O)CO)C2O)C1O.O=P(O)(OCC(O)C(O)C(O)CO)O[C@@H]1C(O)[C@H](OCC(O)C(O)C(O)COP(=O)(O)O[C@@H]2C(O)[C@H](O)O[C@@H]2CO)O[C@@H]1CO.O=P(O)(OCC(O)C(O)C(O)CO[C@@H]1O[C@H](CO)[C@H](OP(=O)(O)OCC(O)C(O)C(O)CO)C1O)OC(C(O)CO)[C@H](O)CO. The molecule has 5 aliphatic rings. The average Bonchev–Trinajstić information content (AvgIpc) is 1.67. The van der Waals surface area contributed by atoms with Crippen LogP contribution >= 0.6 is 46.9 Å². The predicted molar refractivity (Wildman–Crippen MR) is 425 cm³/mol. The molecule has 824 valence electrons. The van der Waals surface area contributed by atoms with Crippen LogP contribution in [0.4, 0.5) is 0 Å². The van der Waals surface area contributed by atoms with Gasteiger partial charge in [0.25, 0.3) is 0 Å². The average molecular weight is 2180 g/mol. The van der Waals surface area contributed by atoms with Crippen LogP contribution in [0.25, 0.3) is 0 Å². The molecule has 0 aliphatic carbocycles. The molecule has 5 heterocycles. The van der Waals surface area contributed by atoms with Crippen LogP contribution in [0.3, 0.4) is 0 Å². The summed E-state index contributed by atoms with van der Waals surface area (Å²) < 4.78 is 170. The number of phosphoric acid groups is 6. The Labute approximate surface area is 778 Å². The van der Waals surface area contributed by atoms with Crippen molar-refractivity contribution in [3.63, 3.8) is 0 Å². The van der Waals surface area contributed by atoms with Crippen LogP contribution in [-0.2, 0) is 120 Å². The lowest BCUT2D eigenvalue weighted by Crippen LogP contribution is -2.44. The first-order valence-corrected chi connectivity index (χ1v) is 49.4. The number of hydrogen-bond acceptors (Lipinski definition) is 64. The summed E-state index contributed by atoms with van der Waals surface area (Å²) in [6, 6.07) is 0. The van der Waals surface area contributed by atoms with Gasteiger partial charge in [0.05, 0.1) is 126 Å². The Morgan fingerprint density at radius 1 is 0.268 bits per heavy atom. The first kappa shape index (κ1) is 131. The molecule has 0 bridgehead atoms. The summed E-state index contributed by atoms with van der Waals surface area (Å²) in [7, 11) is -30.9. The minimum absolute atomic E-state index is 0.163. The van der Waals surface area contributed by atoms with Gasteiger partial charge in [-0.15, -0.1) is 0 Å². The minimum atomic E-state index is -5.22. The van der Waals surface area contributed by atoms with E-state index in [0.29, 0.717) is 0 Å². The third-order valence-electron chi connectivity index (χ3n) is 19.6. The second-order valence-electron chi connectivity index (χ2n) is 30.2. The van der Waals surface area contributed by atoms with Crippen molar-refractivity contribution in [3.05, 3.63) is 0 Å². The van der Waals surface area contributed by atoms with Crippen LogP contribution in [0, 0.1) is 0 Å². The van der Waals surface area contributed by atoms with Crippen molar-refractivity contribution < 1.29 is 333 Å². The van der Waals surface area contributed by atoms with Crippen LogP contribution in [0.2, 0.25) is 0 Å². The largest absolute Gasteiger partial charge is 0.472 e. The van der Waals surface area contributed by atoms with Crippen molar-refractivity contribution in [1.29, 1.82) is 0 Å². The Morgan fingerprint density at radius 2 is 0.478 bits per heavy atom. The molecular formula is C62H128N2O68P6. The van der Waals surface area contributed by atoms with E-state index in [-0.39, 0.29) is 13.1 Å². The molecule has 0 spiro atoms. The molecule has 76 heteroatoms. The number of nitrogens with two attached hydrogens (primary N) is 1. The molecule has 0 saturated carbocycles. The van der Waals surface area contributed by atoms with Crippen molar-refractivity contribution in [1.82, 2.24) is 5.32 Å². The van der Waals surface area contributed by atoms with E-state index in [4.69, 9.17) is 87.3 Å². The molecular weight excluding hydrogens is 2050 g/mol. The normalized spacial score (nSPS) is 33.2. The maximum absolute atomic E-state index is 12.4. The van der Waals surface area contributed by atoms with Crippen molar-refractivity contribution in [3.8, 4) is 0 Å². The summed E-state index contributed by atoms with van der Waals surface area (Å²) in [4.78, 5) is 59.5. The summed E-state index contributed by atoms with van der Waals surface area (Å²) >= 11 is 0. The number of ether oxygens (including phenoxy) is 8. The first-order valence-electron chi connectivity index (χ1n) is 40.4. The molecule has 45 N–H and O–H groups in total. The highest BCUT2D eigenvalue weighted by molar-refractivity contribution is 7.48.